The van der Waals surface area contributed by atoms with Crippen LogP contribution in [-0.2, 0) is 16.1 Å². The summed E-state index contributed by atoms with van der Waals surface area (Å²) >= 11 is 1.48. The molecular formula is C20H25N5O3S. The van der Waals surface area contributed by atoms with Crippen molar-refractivity contribution in [2.24, 2.45) is 0 Å². The molecule has 4 rings (SSSR count). The zero-order chi connectivity index (χ0) is 20.8. The molecule has 1 saturated heterocycles. The van der Waals surface area contributed by atoms with Crippen LogP contribution in [0.15, 0.2) is 28.4 Å². The first-order chi connectivity index (χ1) is 13.8. The Morgan fingerprint density at radius 3 is 2.83 bits per heavy atom. The number of piperazine rings is 1. The smallest absolute Gasteiger partial charge is 0.290 e. The van der Waals surface area contributed by atoms with Crippen LogP contribution < -0.4 is 16.6 Å². The third kappa shape index (κ3) is 3.43. The number of hydrogen-bond acceptors (Lipinski definition) is 6. The molecule has 2 amide bonds. The Kier molecular flexibility index (Phi) is 4.94. The number of fused-ring (bicyclic) bond motifs is 1. The number of nitrogen functional groups attached to an aromatic ring is 1. The maximum atomic E-state index is 13.4. The molecule has 0 aromatic carbocycles. The average molecular weight is 416 g/mol. The van der Waals surface area contributed by atoms with Crippen molar-refractivity contribution in [2.45, 2.75) is 63.7 Å². The molecule has 2 atom stereocenters. The van der Waals surface area contributed by atoms with Crippen molar-refractivity contribution in [3.05, 3.63) is 33.9 Å². The fourth-order valence-corrected chi connectivity index (χ4v) is 5.05. The number of thiophene rings is 1. The minimum Gasteiger partial charge on any atom is -0.394 e. The van der Waals surface area contributed by atoms with Crippen molar-refractivity contribution in [2.75, 3.05) is 5.73 Å². The summed E-state index contributed by atoms with van der Waals surface area (Å²) < 4.78 is 1.12. The molecule has 9 heteroatoms. The van der Waals surface area contributed by atoms with Crippen LogP contribution in [0, 0.1) is 0 Å². The van der Waals surface area contributed by atoms with Gasteiger partial charge in [-0.1, -0.05) is 18.9 Å². The number of carbonyl (C=O) groups excluding carboxylic acids is 2. The van der Waals surface area contributed by atoms with E-state index in [4.69, 9.17) is 5.73 Å². The number of carbonyl (C=O) groups is 2. The van der Waals surface area contributed by atoms with Crippen LogP contribution in [0.4, 0.5) is 5.69 Å². The number of nitrogens with zero attached hydrogens (tertiary/aromatic N) is 3. The van der Waals surface area contributed by atoms with Gasteiger partial charge in [-0.3, -0.25) is 14.4 Å². The van der Waals surface area contributed by atoms with Crippen LogP contribution in [-0.4, -0.2) is 44.1 Å². The minimum absolute atomic E-state index is 0.0413. The number of aromatic nitrogens is 2. The first kappa shape index (κ1) is 19.6. The normalized spacial score (nSPS) is 23.4. The quantitative estimate of drug-likeness (QED) is 0.791. The van der Waals surface area contributed by atoms with Gasteiger partial charge in [0.15, 0.2) is 0 Å². The summed E-state index contributed by atoms with van der Waals surface area (Å²) in [4.78, 5) is 41.1. The van der Waals surface area contributed by atoms with Gasteiger partial charge in [-0.15, -0.1) is 11.3 Å². The van der Waals surface area contributed by atoms with Gasteiger partial charge < -0.3 is 16.0 Å². The fourth-order valence-electron chi connectivity index (χ4n) is 4.37. The number of hydrogen-bond donors (Lipinski definition) is 2. The van der Waals surface area contributed by atoms with Crippen LogP contribution in [0.2, 0.25) is 0 Å². The van der Waals surface area contributed by atoms with Crippen molar-refractivity contribution < 1.29 is 9.59 Å². The molecule has 154 valence electrons. The van der Waals surface area contributed by atoms with E-state index in [1.165, 1.54) is 17.4 Å². The highest BCUT2D eigenvalue weighted by Gasteiger charge is 2.49. The van der Waals surface area contributed by atoms with E-state index >= 15 is 0 Å². The molecular weight excluding hydrogens is 390 g/mol. The minimum atomic E-state index is -0.990. The summed E-state index contributed by atoms with van der Waals surface area (Å²) in [7, 11) is 0. The Hall–Kier alpha value is -2.68. The molecule has 3 N–H and O–H groups in total. The SMILES string of the molecule is CC1(C)C(=O)N[C@H]2CCCC[C@@H]2N1C(=O)Cn1nc(-c2cccs2)cc(N)c1=O. The Balaban J connectivity index is 1.67. The summed E-state index contributed by atoms with van der Waals surface area (Å²) in [5.74, 6) is -0.458. The molecule has 0 spiro atoms. The van der Waals surface area contributed by atoms with Gasteiger partial charge in [-0.05, 0) is 44.2 Å². The maximum Gasteiger partial charge on any atom is 0.290 e. The molecule has 0 unspecified atom stereocenters. The highest BCUT2D eigenvalue weighted by molar-refractivity contribution is 7.13. The largest absolute Gasteiger partial charge is 0.394 e. The standard InChI is InChI=1S/C20H25N5O3S/c1-20(2)19(28)22-13-6-3-4-7-15(13)25(20)17(26)11-24-18(27)12(21)10-14(23-24)16-8-5-9-29-16/h5,8-10,13,15H,3-4,6-7,11,21H2,1-2H3,(H,22,28)/t13-,15-/m0/s1. The number of anilines is 1. The van der Waals surface area contributed by atoms with Gasteiger partial charge in [0.25, 0.3) is 5.56 Å². The Morgan fingerprint density at radius 2 is 2.10 bits per heavy atom. The van der Waals surface area contributed by atoms with E-state index in [0.29, 0.717) is 5.69 Å². The van der Waals surface area contributed by atoms with E-state index in [1.807, 2.05) is 17.5 Å². The van der Waals surface area contributed by atoms with E-state index < -0.39 is 11.1 Å². The highest BCUT2D eigenvalue weighted by atomic mass is 32.1. The van der Waals surface area contributed by atoms with Gasteiger partial charge in [-0.25, -0.2) is 4.68 Å². The third-order valence-electron chi connectivity index (χ3n) is 5.86. The molecule has 8 nitrogen and oxygen atoms in total. The number of nitrogens with one attached hydrogen (secondary N) is 1. The molecule has 3 heterocycles. The van der Waals surface area contributed by atoms with E-state index in [-0.39, 0.29) is 36.1 Å². The van der Waals surface area contributed by atoms with Crippen LogP contribution in [0.1, 0.15) is 39.5 Å². The lowest BCUT2D eigenvalue weighted by molar-refractivity contribution is -0.158. The average Bonchev–Trinajstić information content (AvgIpc) is 3.20. The summed E-state index contributed by atoms with van der Waals surface area (Å²) in [6.07, 6.45) is 3.73. The first-order valence-corrected chi connectivity index (χ1v) is 10.7. The van der Waals surface area contributed by atoms with E-state index in [9.17, 15) is 14.4 Å². The van der Waals surface area contributed by atoms with Crippen LogP contribution in [0.3, 0.4) is 0 Å². The maximum absolute atomic E-state index is 13.4. The summed E-state index contributed by atoms with van der Waals surface area (Å²) in [5, 5.41) is 9.35. The first-order valence-electron chi connectivity index (χ1n) is 9.83. The van der Waals surface area contributed by atoms with Crippen LogP contribution in [0.5, 0.6) is 0 Å². The predicted molar refractivity (Wildman–Crippen MR) is 111 cm³/mol. The monoisotopic (exact) mass is 415 g/mol. The van der Waals surface area contributed by atoms with E-state index in [0.717, 1.165) is 35.2 Å². The molecule has 2 fully saturated rings. The van der Waals surface area contributed by atoms with Gasteiger partial charge >= 0.3 is 0 Å². The third-order valence-corrected chi connectivity index (χ3v) is 6.76. The van der Waals surface area contributed by atoms with Crippen molar-refractivity contribution in [1.82, 2.24) is 20.0 Å². The molecule has 1 aliphatic carbocycles. The Labute approximate surface area is 172 Å². The van der Waals surface area contributed by atoms with Crippen LogP contribution in [0.25, 0.3) is 10.6 Å². The number of amides is 2. The number of nitrogens with two attached hydrogens (primary N) is 1. The zero-order valence-electron chi connectivity index (χ0n) is 16.6. The lowest BCUT2D eigenvalue weighted by atomic mass is 9.82. The zero-order valence-corrected chi connectivity index (χ0v) is 17.4. The predicted octanol–water partition coefficient (Wildman–Crippen LogP) is 1.60. The second kappa shape index (κ2) is 7.29. The van der Waals surface area contributed by atoms with Crippen molar-refractivity contribution in [1.29, 1.82) is 0 Å². The molecule has 2 aromatic rings. The summed E-state index contributed by atoms with van der Waals surface area (Å²) in [6, 6.07) is 5.19. The van der Waals surface area contributed by atoms with Gasteiger partial charge in [0.1, 0.15) is 23.5 Å². The second-order valence-electron chi connectivity index (χ2n) is 8.18. The van der Waals surface area contributed by atoms with Crippen molar-refractivity contribution in [3.8, 4) is 10.6 Å². The van der Waals surface area contributed by atoms with E-state index in [1.54, 1.807) is 18.7 Å². The molecule has 29 heavy (non-hydrogen) atoms. The highest BCUT2D eigenvalue weighted by Crippen LogP contribution is 2.33. The molecule has 2 aromatic heterocycles. The number of rotatable bonds is 3. The lowest BCUT2D eigenvalue weighted by Gasteiger charge is -2.52. The van der Waals surface area contributed by atoms with Gasteiger partial charge in [0.2, 0.25) is 11.8 Å². The second-order valence-corrected chi connectivity index (χ2v) is 9.13. The molecule has 0 radical (unpaired) electrons. The van der Waals surface area contributed by atoms with Gasteiger partial charge in [-0.2, -0.15) is 5.10 Å². The van der Waals surface area contributed by atoms with Gasteiger partial charge in [0.05, 0.1) is 10.9 Å². The lowest BCUT2D eigenvalue weighted by Crippen LogP contribution is -2.72. The van der Waals surface area contributed by atoms with Gasteiger partial charge in [0, 0.05) is 6.04 Å². The Morgan fingerprint density at radius 1 is 1.34 bits per heavy atom. The molecule has 1 aliphatic heterocycles. The van der Waals surface area contributed by atoms with Crippen molar-refractivity contribution >= 4 is 28.8 Å². The van der Waals surface area contributed by atoms with Crippen molar-refractivity contribution in [3.63, 3.8) is 0 Å². The molecule has 0 bridgehead atoms. The molecule has 2 aliphatic rings. The fraction of sp³-hybridized carbons (Fsp3) is 0.500. The van der Waals surface area contributed by atoms with E-state index in [2.05, 4.69) is 10.4 Å². The topological polar surface area (TPSA) is 110 Å². The summed E-state index contributed by atoms with van der Waals surface area (Å²) in [6.45, 7) is 3.25. The molecule has 1 saturated carbocycles. The summed E-state index contributed by atoms with van der Waals surface area (Å²) in [5.41, 5.74) is 5.01. The Bertz CT molecular complexity index is 998. The van der Waals surface area contributed by atoms with Crippen LogP contribution >= 0.6 is 11.3 Å².